The first kappa shape index (κ1) is 18.3. The van der Waals surface area contributed by atoms with Crippen LogP contribution < -0.4 is 16.3 Å². The Morgan fingerprint density at radius 2 is 1.64 bits per heavy atom. The molecular weight excluding hydrogens is 448 g/mol. The zero-order chi connectivity index (χ0) is 17.8. The summed E-state index contributed by atoms with van der Waals surface area (Å²) in [5.74, 6) is -0.149. The van der Waals surface area contributed by atoms with Crippen LogP contribution >= 0.6 is 31.9 Å². The fourth-order valence-electron chi connectivity index (χ4n) is 2.61. The first-order valence-corrected chi connectivity index (χ1v) is 9.48. The minimum Gasteiger partial charge on any atom is -0.271 e. The molecule has 0 aromatic heterocycles. The number of amides is 1. The van der Waals surface area contributed by atoms with Crippen molar-refractivity contribution in [1.29, 1.82) is 0 Å². The zero-order valence-corrected chi connectivity index (χ0v) is 16.8. The second-order valence-corrected chi connectivity index (χ2v) is 7.69. The fourth-order valence-corrected chi connectivity index (χ4v) is 3.14. The molecule has 130 valence electrons. The van der Waals surface area contributed by atoms with E-state index < -0.39 is 0 Å². The first-order valence-electron chi connectivity index (χ1n) is 7.89. The van der Waals surface area contributed by atoms with Crippen LogP contribution in [0.4, 0.5) is 0 Å². The lowest BCUT2D eigenvalue weighted by atomic mass is 10.0. The van der Waals surface area contributed by atoms with E-state index in [0.29, 0.717) is 6.42 Å². The molecule has 5 nitrogen and oxygen atoms in total. The monoisotopic (exact) mass is 464 g/mol. The van der Waals surface area contributed by atoms with E-state index in [9.17, 15) is 4.79 Å². The highest BCUT2D eigenvalue weighted by Gasteiger charge is 2.30. The zero-order valence-electron chi connectivity index (χ0n) is 13.6. The van der Waals surface area contributed by atoms with E-state index in [-0.39, 0.29) is 18.0 Å². The van der Waals surface area contributed by atoms with Crippen molar-refractivity contribution in [2.24, 2.45) is 5.10 Å². The topological polar surface area (TPSA) is 65.5 Å². The smallest absolute Gasteiger partial charge is 0.258 e. The number of hydrogen-bond donors (Lipinski definition) is 3. The highest BCUT2D eigenvalue weighted by atomic mass is 79.9. The summed E-state index contributed by atoms with van der Waals surface area (Å²) >= 11 is 6.83. The highest BCUT2D eigenvalue weighted by molar-refractivity contribution is 9.10. The van der Waals surface area contributed by atoms with E-state index in [4.69, 9.17) is 0 Å². The van der Waals surface area contributed by atoms with Crippen LogP contribution in [0.1, 0.15) is 30.5 Å². The number of carbonyl (C=O) groups excluding carboxylic acids is 1. The van der Waals surface area contributed by atoms with Crippen LogP contribution in [-0.4, -0.2) is 17.7 Å². The molecule has 0 spiro atoms. The fraction of sp³-hybridized carbons (Fsp3) is 0.222. The lowest BCUT2D eigenvalue weighted by molar-refractivity contribution is -0.122. The summed E-state index contributed by atoms with van der Waals surface area (Å²) in [7, 11) is 0. The second-order valence-electron chi connectivity index (χ2n) is 5.86. The van der Waals surface area contributed by atoms with Crippen molar-refractivity contribution in [3.05, 3.63) is 68.6 Å². The number of carbonyl (C=O) groups is 1. The third-order valence-corrected chi connectivity index (χ3v) is 5.15. The van der Waals surface area contributed by atoms with Gasteiger partial charge < -0.3 is 0 Å². The largest absolute Gasteiger partial charge is 0.271 e. The van der Waals surface area contributed by atoms with Crippen molar-refractivity contribution in [3.63, 3.8) is 0 Å². The van der Waals surface area contributed by atoms with Gasteiger partial charge in [0.25, 0.3) is 5.91 Å². The number of halogens is 2. The number of benzene rings is 2. The molecule has 1 fully saturated rings. The van der Waals surface area contributed by atoms with E-state index in [2.05, 4.69) is 53.2 Å². The Balaban J connectivity index is 1.57. The highest BCUT2D eigenvalue weighted by Crippen LogP contribution is 2.23. The average molecular weight is 466 g/mol. The van der Waals surface area contributed by atoms with Gasteiger partial charge in [-0.25, -0.2) is 16.3 Å². The Bertz CT molecular complexity index is 775. The molecule has 1 heterocycles. The van der Waals surface area contributed by atoms with Crippen LogP contribution in [0.2, 0.25) is 0 Å². The van der Waals surface area contributed by atoms with Gasteiger partial charge in [0.05, 0.1) is 5.71 Å². The minimum absolute atomic E-state index is 0.0976. The van der Waals surface area contributed by atoms with Crippen molar-refractivity contribution in [1.82, 2.24) is 16.3 Å². The van der Waals surface area contributed by atoms with Gasteiger partial charge in [0.15, 0.2) is 0 Å². The molecule has 1 amide bonds. The molecule has 3 rings (SSSR count). The first-order chi connectivity index (χ1) is 12.0. The van der Waals surface area contributed by atoms with Crippen LogP contribution in [0.15, 0.2) is 62.6 Å². The van der Waals surface area contributed by atoms with E-state index >= 15 is 0 Å². The Hall–Kier alpha value is -1.54. The SMILES string of the molecule is C/C(=N\NC(=O)C1CC(c2ccc(Br)cc2)NN1)c1ccc(Br)cc1. The van der Waals surface area contributed by atoms with E-state index in [1.807, 2.05) is 55.5 Å². The van der Waals surface area contributed by atoms with Gasteiger partial charge in [0.2, 0.25) is 0 Å². The van der Waals surface area contributed by atoms with Crippen molar-refractivity contribution in [2.45, 2.75) is 25.4 Å². The molecule has 2 aromatic carbocycles. The summed E-state index contributed by atoms with van der Waals surface area (Å²) in [5.41, 5.74) is 11.7. The van der Waals surface area contributed by atoms with Crippen molar-refractivity contribution in [2.75, 3.05) is 0 Å². The van der Waals surface area contributed by atoms with Gasteiger partial charge in [-0.15, -0.1) is 0 Å². The molecule has 2 aromatic rings. The third-order valence-electron chi connectivity index (χ3n) is 4.09. The normalized spacial score (nSPS) is 20.5. The summed E-state index contributed by atoms with van der Waals surface area (Å²) < 4.78 is 2.04. The van der Waals surface area contributed by atoms with Crippen LogP contribution in [0.3, 0.4) is 0 Å². The summed E-state index contributed by atoms with van der Waals surface area (Å²) in [6.45, 7) is 1.87. The van der Waals surface area contributed by atoms with Gasteiger partial charge >= 0.3 is 0 Å². The van der Waals surface area contributed by atoms with Crippen LogP contribution in [-0.2, 0) is 4.79 Å². The quantitative estimate of drug-likeness (QED) is 0.476. The standard InChI is InChI=1S/C18H18Br2N4O/c1-11(12-2-6-14(19)7-3-12)21-24-18(25)17-10-16(22-23-17)13-4-8-15(20)9-5-13/h2-9,16-17,22-23H,10H2,1H3,(H,24,25)/b21-11+. The van der Waals surface area contributed by atoms with Crippen molar-refractivity contribution in [3.8, 4) is 0 Å². The maximum absolute atomic E-state index is 12.3. The maximum Gasteiger partial charge on any atom is 0.258 e. The van der Waals surface area contributed by atoms with Gasteiger partial charge in [0.1, 0.15) is 6.04 Å². The molecule has 0 bridgehead atoms. The molecular formula is C18H18Br2N4O. The number of nitrogens with one attached hydrogen (secondary N) is 3. The molecule has 3 N–H and O–H groups in total. The lowest BCUT2D eigenvalue weighted by Gasteiger charge is -2.09. The number of nitrogens with zero attached hydrogens (tertiary/aromatic N) is 1. The van der Waals surface area contributed by atoms with Gasteiger partial charge in [0, 0.05) is 15.0 Å². The lowest BCUT2D eigenvalue weighted by Crippen LogP contribution is -2.41. The predicted molar refractivity (Wildman–Crippen MR) is 106 cm³/mol. The predicted octanol–water partition coefficient (Wildman–Crippen LogP) is 3.66. The molecule has 0 radical (unpaired) electrons. The molecule has 2 unspecified atom stereocenters. The van der Waals surface area contributed by atoms with E-state index in [1.54, 1.807) is 0 Å². The molecule has 1 saturated heterocycles. The van der Waals surface area contributed by atoms with Crippen molar-refractivity contribution < 1.29 is 4.79 Å². The maximum atomic E-state index is 12.3. The van der Waals surface area contributed by atoms with Gasteiger partial charge in [-0.2, -0.15) is 5.10 Å². The van der Waals surface area contributed by atoms with E-state index in [0.717, 1.165) is 25.8 Å². The molecule has 7 heteroatoms. The Morgan fingerprint density at radius 1 is 1.04 bits per heavy atom. The summed E-state index contributed by atoms with van der Waals surface area (Å²) in [6, 6.07) is 15.6. The Kier molecular flexibility index (Phi) is 6.01. The molecule has 1 aliphatic rings. The summed E-state index contributed by atoms with van der Waals surface area (Å²) in [4.78, 5) is 12.3. The second kappa shape index (κ2) is 8.23. The summed E-state index contributed by atoms with van der Waals surface area (Å²) in [5, 5.41) is 4.21. The van der Waals surface area contributed by atoms with Crippen LogP contribution in [0, 0.1) is 0 Å². The molecule has 25 heavy (non-hydrogen) atoms. The summed E-state index contributed by atoms with van der Waals surface area (Å²) in [6.07, 6.45) is 0.667. The number of hydrogen-bond acceptors (Lipinski definition) is 4. The Labute approximate surface area is 163 Å². The van der Waals surface area contributed by atoms with Crippen LogP contribution in [0.5, 0.6) is 0 Å². The number of hydrazone groups is 1. The van der Waals surface area contributed by atoms with Gasteiger partial charge in [-0.05, 0) is 48.7 Å². The van der Waals surface area contributed by atoms with Crippen molar-refractivity contribution >= 4 is 43.5 Å². The van der Waals surface area contributed by atoms with E-state index in [1.165, 1.54) is 0 Å². The van der Waals surface area contributed by atoms with Gasteiger partial charge in [-0.1, -0.05) is 56.1 Å². The molecule has 1 aliphatic heterocycles. The number of rotatable bonds is 4. The molecule has 2 atom stereocenters. The van der Waals surface area contributed by atoms with Gasteiger partial charge in [-0.3, -0.25) is 4.79 Å². The minimum atomic E-state index is -0.324. The molecule has 0 saturated carbocycles. The number of hydrazine groups is 1. The molecule has 0 aliphatic carbocycles. The van der Waals surface area contributed by atoms with Crippen LogP contribution in [0.25, 0.3) is 0 Å². The Morgan fingerprint density at radius 3 is 2.28 bits per heavy atom. The third kappa shape index (κ3) is 4.76. The average Bonchev–Trinajstić information content (AvgIpc) is 3.11.